The van der Waals surface area contributed by atoms with Gasteiger partial charge >= 0.3 is 0 Å². The number of pyridine rings is 1. The number of phenolic OH excluding ortho intramolecular Hbond substituents is 1. The molecule has 1 aliphatic heterocycles. The molecule has 0 unspecified atom stereocenters. The van der Waals surface area contributed by atoms with Gasteiger partial charge in [-0.3, -0.25) is 14.7 Å². The first-order chi connectivity index (χ1) is 14.0. The molecular weight excluding hydrogens is 366 g/mol. The van der Waals surface area contributed by atoms with Crippen molar-refractivity contribution >= 4 is 5.91 Å². The van der Waals surface area contributed by atoms with Crippen LogP contribution >= 0.6 is 0 Å². The van der Waals surface area contributed by atoms with Gasteiger partial charge in [0, 0.05) is 38.6 Å². The third kappa shape index (κ3) is 6.27. The Kier molecular flexibility index (Phi) is 7.23. The molecule has 2 aromatic rings. The topological polar surface area (TPSA) is 76.9 Å². The number of likely N-dealkylation sites (N-methyl/N-ethyl adjacent to an activating group) is 1. The molecule has 2 heterocycles. The standard InChI is InChI=1S/C23H31N3O3/c1-2-25(17-19-7-11-24-12-8-19)18-23(29)9-4-13-26(14-10-23)22(28)16-20-5-3-6-21(27)15-20/h3,5-8,11-12,15,27,29H,2,4,9-10,13-14,16-18H2,1H3/t23-/m1/s1. The average molecular weight is 398 g/mol. The molecule has 0 aliphatic carbocycles. The molecule has 29 heavy (non-hydrogen) atoms. The minimum atomic E-state index is -0.789. The first kappa shape index (κ1) is 21.3. The van der Waals surface area contributed by atoms with Crippen molar-refractivity contribution in [2.75, 3.05) is 26.2 Å². The number of amides is 1. The predicted octanol–water partition coefficient (Wildman–Crippen LogP) is 2.60. The molecule has 1 saturated heterocycles. The number of nitrogens with zero attached hydrogens (tertiary/aromatic N) is 3. The third-order valence-corrected chi connectivity index (χ3v) is 5.66. The lowest BCUT2D eigenvalue weighted by Crippen LogP contribution is -2.44. The van der Waals surface area contributed by atoms with Gasteiger partial charge in [-0.05, 0) is 61.2 Å². The first-order valence-corrected chi connectivity index (χ1v) is 10.4. The predicted molar refractivity (Wildman–Crippen MR) is 112 cm³/mol. The number of aliphatic hydroxyl groups is 1. The molecule has 1 fully saturated rings. The molecule has 6 nitrogen and oxygen atoms in total. The van der Waals surface area contributed by atoms with Crippen LogP contribution in [0.1, 0.15) is 37.3 Å². The van der Waals surface area contributed by atoms with Crippen LogP contribution in [0.2, 0.25) is 0 Å². The molecule has 0 spiro atoms. The number of carbonyl (C=O) groups is 1. The Balaban J connectivity index is 1.56. The van der Waals surface area contributed by atoms with Crippen molar-refractivity contribution in [1.29, 1.82) is 0 Å². The second kappa shape index (κ2) is 9.85. The summed E-state index contributed by atoms with van der Waals surface area (Å²) in [5.74, 6) is 0.221. The lowest BCUT2D eigenvalue weighted by molar-refractivity contribution is -0.130. The molecule has 156 valence electrons. The molecule has 0 radical (unpaired) electrons. The van der Waals surface area contributed by atoms with Crippen LogP contribution in [0.4, 0.5) is 0 Å². The van der Waals surface area contributed by atoms with Gasteiger partial charge in [0.15, 0.2) is 0 Å². The molecule has 1 aliphatic rings. The summed E-state index contributed by atoms with van der Waals surface area (Å²) in [6.45, 7) is 5.55. The number of likely N-dealkylation sites (tertiary alicyclic amines) is 1. The van der Waals surface area contributed by atoms with E-state index in [2.05, 4.69) is 16.8 Å². The van der Waals surface area contributed by atoms with E-state index in [9.17, 15) is 15.0 Å². The summed E-state index contributed by atoms with van der Waals surface area (Å²) in [4.78, 5) is 20.9. The van der Waals surface area contributed by atoms with Crippen LogP contribution in [0.25, 0.3) is 0 Å². The SMILES string of the molecule is CCN(Cc1ccncc1)C[C@@]1(O)CCCN(C(=O)Cc2cccc(O)c2)CC1. The molecule has 1 aromatic heterocycles. The van der Waals surface area contributed by atoms with Crippen molar-refractivity contribution in [3.05, 3.63) is 59.9 Å². The monoisotopic (exact) mass is 397 g/mol. The zero-order valence-corrected chi connectivity index (χ0v) is 17.1. The van der Waals surface area contributed by atoms with Crippen LogP contribution in [0.5, 0.6) is 5.75 Å². The zero-order valence-electron chi connectivity index (χ0n) is 17.1. The van der Waals surface area contributed by atoms with Gasteiger partial charge in [-0.15, -0.1) is 0 Å². The molecular formula is C23H31N3O3. The van der Waals surface area contributed by atoms with Crippen LogP contribution in [-0.2, 0) is 17.8 Å². The molecule has 1 atom stereocenters. The van der Waals surface area contributed by atoms with Crippen LogP contribution in [0.3, 0.4) is 0 Å². The average Bonchev–Trinajstić information content (AvgIpc) is 2.90. The van der Waals surface area contributed by atoms with Gasteiger partial charge in [0.1, 0.15) is 5.75 Å². The first-order valence-electron chi connectivity index (χ1n) is 10.4. The smallest absolute Gasteiger partial charge is 0.226 e. The Hall–Kier alpha value is -2.44. The summed E-state index contributed by atoms with van der Waals surface area (Å²) < 4.78 is 0. The van der Waals surface area contributed by atoms with Gasteiger partial charge in [0.2, 0.25) is 5.91 Å². The summed E-state index contributed by atoms with van der Waals surface area (Å²) in [5.41, 5.74) is 1.20. The van der Waals surface area contributed by atoms with Crippen molar-refractivity contribution in [1.82, 2.24) is 14.8 Å². The van der Waals surface area contributed by atoms with E-state index in [1.165, 1.54) is 5.56 Å². The van der Waals surface area contributed by atoms with Crippen LogP contribution in [0.15, 0.2) is 48.8 Å². The number of phenols is 1. The van der Waals surface area contributed by atoms with E-state index in [1.54, 1.807) is 30.6 Å². The molecule has 1 amide bonds. The highest BCUT2D eigenvalue weighted by Gasteiger charge is 2.33. The third-order valence-electron chi connectivity index (χ3n) is 5.66. The van der Waals surface area contributed by atoms with Crippen molar-refractivity contribution in [3.8, 4) is 5.75 Å². The Morgan fingerprint density at radius 2 is 1.97 bits per heavy atom. The maximum Gasteiger partial charge on any atom is 0.226 e. The molecule has 0 bridgehead atoms. The number of rotatable bonds is 7. The maximum atomic E-state index is 12.7. The largest absolute Gasteiger partial charge is 0.508 e. The van der Waals surface area contributed by atoms with Crippen LogP contribution in [0, 0.1) is 0 Å². The zero-order chi connectivity index (χ0) is 20.7. The van der Waals surface area contributed by atoms with E-state index in [0.717, 1.165) is 25.1 Å². The van der Waals surface area contributed by atoms with Crippen molar-refractivity contribution in [2.45, 2.75) is 44.8 Å². The normalized spacial score (nSPS) is 19.9. The van der Waals surface area contributed by atoms with Crippen molar-refractivity contribution in [3.63, 3.8) is 0 Å². The highest BCUT2D eigenvalue weighted by Crippen LogP contribution is 2.25. The van der Waals surface area contributed by atoms with E-state index in [-0.39, 0.29) is 18.1 Å². The summed E-state index contributed by atoms with van der Waals surface area (Å²) in [7, 11) is 0. The number of carbonyl (C=O) groups excluding carboxylic acids is 1. The minimum absolute atomic E-state index is 0.0454. The fraction of sp³-hybridized carbons (Fsp3) is 0.478. The summed E-state index contributed by atoms with van der Waals surface area (Å²) >= 11 is 0. The second-order valence-electron chi connectivity index (χ2n) is 7.96. The fourth-order valence-electron chi connectivity index (χ4n) is 3.98. The van der Waals surface area contributed by atoms with Crippen molar-refractivity contribution in [2.24, 2.45) is 0 Å². The van der Waals surface area contributed by atoms with Crippen LogP contribution < -0.4 is 0 Å². The lowest BCUT2D eigenvalue weighted by atomic mass is 9.94. The number of aromatic nitrogens is 1. The quantitative estimate of drug-likeness (QED) is 0.751. The Morgan fingerprint density at radius 3 is 2.69 bits per heavy atom. The van der Waals surface area contributed by atoms with Gasteiger partial charge in [0.25, 0.3) is 0 Å². The number of aromatic hydroxyl groups is 1. The van der Waals surface area contributed by atoms with E-state index in [4.69, 9.17) is 0 Å². The summed E-state index contributed by atoms with van der Waals surface area (Å²) in [6.07, 6.45) is 5.91. The highest BCUT2D eigenvalue weighted by atomic mass is 16.3. The molecule has 0 saturated carbocycles. The molecule has 3 rings (SSSR count). The molecule has 2 N–H and O–H groups in total. The number of benzene rings is 1. The maximum absolute atomic E-state index is 12.7. The molecule has 1 aromatic carbocycles. The Morgan fingerprint density at radius 1 is 1.17 bits per heavy atom. The van der Waals surface area contributed by atoms with E-state index < -0.39 is 5.60 Å². The van der Waals surface area contributed by atoms with Crippen LogP contribution in [-0.4, -0.2) is 62.7 Å². The molecule has 6 heteroatoms. The fourth-order valence-corrected chi connectivity index (χ4v) is 3.98. The van der Waals surface area contributed by atoms with Gasteiger partial charge in [0.05, 0.1) is 12.0 Å². The van der Waals surface area contributed by atoms with Gasteiger partial charge in [-0.2, -0.15) is 0 Å². The summed E-state index contributed by atoms with van der Waals surface area (Å²) in [6, 6.07) is 10.8. The highest BCUT2D eigenvalue weighted by molar-refractivity contribution is 5.78. The van der Waals surface area contributed by atoms with E-state index >= 15 is 0 Å². The lowest BCUT2D eigenvalue weighted by Gasteiger charge is -2.33. The number of hydrogen-bond donors (Lipinski definition) is 2. The second-order valence-corrected chi connectivity index (χ2v) is 7.96. The van der Waals surface area contributed by atoms with E-state index in [0.29, 0.717) is 32.5 Å². The Labute approximate surface area is 172 Å². The van der Waals surface area contributed by atoms with Crippen molar-refractivity contribution < 1.29 is 15.0 Å². The summed E-state index contributed by atoms with van der Waals surface area (Å²) in [5, 5.41) is 20.8. The van der Waals surface area contributed by atoms with Gasteiger partial charge < -0.3 is 15.1 Å². The minimum Gasteiger partial charge on any atom is -0.508 e. The van der Waals surface area contributed by atoms with E-state index in [1.807, 2.05) is 23.1 Å². The van der Waals surface area contributed by atoms with Gasteiger partial charge in [-0.25, -0.2) is 0 Å². The van der Waals surface area contributed by atoms with Gasteiger partial charge in [-0.1, -0.05) is 19.1 Å². The Bertz CT molecular complexity index is 799. The number of hydrogen-bond acceptors (Lipinski definition) is 5.